The lowest BCUT2D eigenvalue weighted by atomic mass is 9.87. The zero-order chi connectivity index (χ0) is 9.73. The molecule has 0 bridgehead atoms. The Kier molecular flexibility index (Phi) is 3.45. The average molecular weight is 183 g/mol. The van der Waals surface area contributed by atoms with Crippen LogP contribution in [-0.4, -0.2) is 31.1 Å². The molecule has 1 fully saturated rings. The Morgan fingerprint density at radius 3 is 2.69 bits per heavy atom. The highest BCUT2D eigenvalue weighted by Gasteiger charge is 2.36. The van der Waals surface area contributed by atoms with Gasteiger partial charge >= 0.3 is 0 Å². The van der Waals surface area contributed by atoms with Crippen LogP contribution in [0.5, 0.6) is 0 Å². The molecule has 0 unspecified atom stereocenters. The van der Waals surface area contributed by atoms with Crippen LogP contribution in [0.4, 0.5) is 0 Å². The van der Waals surface area contributed by atoms with Gasteiger partial charge in [0.15, 0.2) is 0 Å². The summed E-state index contributed by atoms with van der Waals surface area (Å²) in [6.45, 7) is 5.91. The maximum absolute atomic E-state index is 11.3. The van der Waals surface area contributed by atoms with Gasteiger partial charge in [0.05, 0.1) is 0 Å². The minimum atomic E-state index is -0.514. The molecule has 13 heavy (non-hydrogen) atoms. The van der Waals surface area contributed by atoms with Gasteiger partial charge in [0.2, 0.25) is 5.91 Å². The van der Waals surface area contributed by atoms with Crippen molar-refractivity contribution in [3.63, 3.8) is 0 Å². The van der Waals surface area contributed by atoms with Crippen molar-refractivity contribution in [1.29, 1.82) is 0 Å². The number of hydrogen-bond acceptors (Lipinski definition) is 3. The number of nitrogens with two attached hydrogens (primary N) is 1. The molecule has 1 aliphatic rings. The fourth-order valence-electron chi connectivity index (χ4n) is 1.63. The average Bonchev–Trinajstić information content (AvgIpc) is 2.16. The molecule has 0 aromatic heterocycles. The summed E-state index contributed by atoms with van der Waals surface area (Å²) in [5.74, 6) is -0.254. The molecule has 0 aliphatic carbocycles. The first-order valence-corrected chi connectivity index (χ1v) is 4.58. The van der Waals surface area contributed by atoms with Crippen molar-refractivity contribution in [2.75, 3.05) is 19.6 Å². The zero-order valence-electron chi connectivity index (χ0n) is 7.81. The quantitative estimate of drug-likeness (QED) is 0.508. The lowest BCUT2D eigenvalue weighted by molar-refractivity contribution is -0.125. The second kappa shape index (κ2) is 4.39. The smallest absolute Gasteiger partial charge is 0.237 e. The molecule has 0 aromatic carbocycles. The van der Waals surface area contributed by atoms with Crippen LogP contribution in [0.25, 0.3) is 0 Å². The third kappa shape index (κ3) is 2.29. The third-order valence-corrected chi connectivity index (χ3v) is 2.51. The van der Waals surface area contributed by atoms with Crippen molar-refractivity contribution in [2.24, 2.45) is 5.73 Å². The van der Waals surface area contributed by atoms with E-state index in [0.29, 0.717) is 6.54 Å². The first-order valence-electron chi connectivity index (χ1n) is 4.58. The predicted molar refractivity (Wildman–Crippen MR) is 52.2 cm³/mol. The molecule has 4 nitrogen and oxygen atoms in total. The molecular formula is C9H17N3O. The summed E-state index contributed by atoms with van der Waals surface area (Å²) in [7, 11) is 0. The predicted octanol–water partition coefficient (Wildman–Crippen LogP) is -0.630. The molecule has 1 rings (SSSR count). The van der Waals surface area contributed by atoms with Crippen LogP contribution in [0, 0.1) is 0 Å². The molecule has 0 atom stereocenters. The van der Waals surface area contributed by atoms with Crippen molar-refractivity contribution in [3.8, 4) is 0 Å². The van der Waals surface area contributed by atoms with E-state index in [-0.39, 0.29) is 5.91 Å². The molecule has 0 radical (unpaired) electrons. The molecule has 0 saturated carbocycles. The Balaban J connectivity index is 2.61. The van der Waals surface area contributed by atoms with E-state index in [9.17, 15) is 4.79 Å². The maximum atomic E-state index is 11.3. The number of piperidine rings is 1. The number of primary amides is 1. The first-order chi connectivity index (χ1) is 6.21. The van der Waals surface area contributed by atoms with Gasteiger partial charge in [0.25, 0.3) is 0 Å². The minimum Gasteiger partial charge on any atom is -0.368 e. The summed E-state index contributed by atoms with van der Waals surface area (Å²) in [5.41, 5.74) is 4.86. The van der Waals surface area contributed by atoms with Crippen LogP contribution < -0.4 is 16.4 Å². The van der Waals surface area contributed by atoms with Crippen molar-refractivity contribution in [2.45, 2.75) is 18.4 Å². The van der Waals surface area contributed by atoms with Gasteiger partial charge in [0.1, 0.15) is 5.54 Å². The van der Waals surface area contributed by atoms with Crippen LogP contribution in [0.3, 0.4) is 0 Å². The van der Waals surface area contributed by atoms with Gasteiger partial charge in [-0.15, -0.1) is 6.58 Å². The molecule has 1 heterocycles. The third-order valence-electron chi connectivity index (χ3n) is 2.51. The highest BCUT2D eigenvalue weighted by Crippen LogP contribution is 2.17. The number of carbonyl (C=O) groups is 1. The van der Waals surface area contributed by atoms with E-state index < -0.39 is 5.54 Å². The highest BCUT2D eigenvalue weighted by molar-refractivity contribution is 5.84. The Morgan fingerprint density at radius 1 is 1.62 bits per heavy atom. The second-order valence-electron chi connectivity index (χ2n) is 3.37. The fraction of sp³-hybridized carbons (Fsp3) is 0.667. The van der Waals surface area contributed by atoms with Crippen LogP contribution in [0.15, 0.2) is 12.7 Å². The highest BCUT2D eigenvalue weighted by atomic mass is 16.1. The van der Waals surface area contributed by atoms with E-state index in [2.05, 4.69) is 17.2 Å². The largest absolute Gasteiger partial charge is 0.368 e. The molecule has 1 amide bonds. The number of hydrogen-bond donors (Lipinski definition) is 3. The summed E-state index contributed by atoms with van der Waals surface area (Å²) >= 11 is 0. The number of carbonyl (C=O) groups excluding carboxylic acids is 1. The van der Waals surface area contributed by atoms with Crippen LogP contribution in [0.2, 0.25) is 0 Å². The summed E-state index contributed by atoms with van der Waals surface area (Å²) in [4.78, 5) is 11.3. The van der Waals surface area contributed by atoms with Gasteiger partial charge in [-0.1, -0.05) is 6.08 Å². The SMILES string of the molecule is C=CCNC1(C(N)=O)CCNCC1. The standard InChI is InChI=1S/C9H17N3O/c1-2-5-12-9(8(10)13)3-6-11-7-4-9/h2,11-12H,1,3-7H2,(H2,10,13). The lowest BCUT2D eigenvalue weighted by Crippen LogP contribution is -2.60. The number of nitrogens with one attached hydrogen (secondary N) is 2. The number of rotatable bonds is 4. The monoisotopic (exact) mass is 183 g/mol. The summed E-state index contributed by atoms with van der Waals surface area (Å²) in [5, 5.41) is 6.35. The Labute approximate surface area is 78.6 Å². The van der Waals surface area contributed by atoms with E-state index in [1.807, 2.05) is 0 Å². The molecule has 74 valence electrons. The van der Waals surface area contributed by atoms with Crippen molar-refractivity contribution in [3.05, 3.63) is 12.7 Å². The maximum Gasteiger partial charge on any atom is 0.237 e. The topological polar surface area (TPSA) is 67.1 Å². The second-order valence-corrected chi connectivity index (χ2v) is 3.37. The molecular weight excluding hydrogens is 166 g/mol. The first kappa shape index (κ1) is 10.2. The summed E-state index contributed by atoms with van der Waals surface area (Å²) < 4.78 is 0. The van der Waals surface area contributed by atoms with Gasteiger partial charge in [-0.25, -0.2) is 0 Å². The van der Waals surface area contributed by atoms with Gasteiger partial charge in [-0.05, 0) is 25.9 Å². The van der Waals surface area contributed by atoms with Crippen molar-refractivity contribution in [1.82, 2.24) is 10.6 Å². The van der Waals surface area contributed by atoms with Gasteiger partial charge in [-0.2, -0.15) is 0 Å². The van der Waals surface area contributed by atoms with E-state index in [1.54, 1.807) is 6.08 Å². The summed E-state index contributed by atoms with van der Waals surface area (Å²) in [6, 6.07) is 0. The molecule has 0 spiro atoms. The van der Waals surface area contributed by atoms with Crippen LogP contribution in [-0.2, 0) is 4.79 Å². The van der Waals surface area contributed by atoms with E-state index in [0.717, 1.165) is 25.9 Å². The molecule has 1 aliphatic heterocycles. The fourth-order valence-corrected chi connectivity index (χ4v) is 1.63. The molecule has 1 saturated heterocycles. The van der Waals surface area contributed by atoms with E-state index >= 15 is 0 Å². The molecule has 0 aromatic rings. The number of amides is 1. The molecule has 4 N–H and O–H groups in total. The lowest BCUT2D eigenvalue weighted by Gasteiger charge is -2.35. The van der Waals surface area contributed by atoms with Gasteiger partial charge in [0, 0.05) is 6.54 Å². The zero-order valence-corrected chi connectivity index (χ0v) is 7.81. The van der Waals surface area contributed by atoms with Gasteiger partial charge in [-0.3, -0.25) is 10.1 Å². The minimum absolute atomic E-state index is 0.254. The van der Waals surface area contributed by atoms with Crippen molar-refractivity contribution >= 4 is 5.91 Å². The molecule has 4 heteroatoms. The Morgan fingerprint density at radius 2 is 2.23 bits per heavy atom. The van der Waals surface area contributed by atoms with Gasteiger partial charge < -0.3 is 11.1 Å². The van der Waals surface area contributed by atoms with Crippen LogP contribution >= 0.6 is 0 Å². The van der Waals surface area contributed by atoms with E-state index in [1.165, 1.54) is 0 Å². The Hall–Kier alpha value is -0.870. The Bertz CT molecular complexity index is 197. The summed E-state index contributed by atoms with van der Waals surface area (Å²) in [6.07, 6.45) is 3.26. The van der Waals surface area contributed by atoms with Crippen LogP contribution in [0.1, 0.15) is 12.8 Å². The normalized spacial score (nSPS) is 20.9. The van der Waals surface area contributed by atoms with Crippen molar-refractivity contribution < 1.29 is 4.79 Å². The van der Waals surface area contributed by atoms with E-state index in [4.69, 9.17) is 5.73 Å².